The van der Waals surface area contributed by atoms with E-state index in [0.29, 0.717) is 12.2 Å². The molecule has 2 aromatic rings. The number of nitrogens with zero attached hydrogens (tertiary/aromatic N) is 2. The Morgan fingerprint density at radius 1 is 1.08 bits per heavy atom. The largest absolute Gasteiger partial charge is 0.395 e. The quantitative estimate of drug-likeness (QED) is 0.527. The van der Waals surface area contributed by atoms with Crippen molar-refractivity contribution in [3.63, 3.8) is 0 Å². The van der Waals surface area contributed by atoms with Crippen LogP contribution in [0.4, 0.5) is 11.4 Å². The van der Waals surface area contributed by atoms with Gasteiger partial charge in [-0.1, -0.05) is 23.7 Å². The molecule has 0 saturated carbocycles. The number of benzene rings is 2. The van der Waals surface area contributed by atoms with Crippen molar-refractivity contribution in [3.8, 4) is 0 Å². The van der Waals surface area contributed by atoms with E-state index in [-0.39, 0.29) is 16.5 Å². The molecule has 0 heterocycles. The number of azo groups is 1. The maximum Gasteiger partial charge on any atom is 0.175 e. The fourth-order valence-electron chi connectivity index (χ4n) is 2.33. The number of nitrogens with one attached hydrogen (secondary N) is 1. The smallest absolute Gasteiger partial charge is 0.175 e. The molecule has 0 aliphatic heterocycles. The number of hydrogen-bond donors (Lipinski definition) is 2. The first-order chi connectivity index (χ1) is 12.3. The molecule has 0 aromatic heterocycles. The van der Waals surface area contributed by atoms with Crippen molar-refractivity contribution < 1.29 is 13.5 Å². The molecule has 0 aliphatic rings. The first-order valence-electron chi connectivity index (χ1n) is 8.13. The Kier molecular flexibility index (Phi) is 7.28. The average Bonchev–Trinajstić information content (AvgIpc) is 2.58. The summed E-state index contributed by atoms with van der Waals surface area (Å²) in [6, 6.07) is 10.3. The second-order valence-corrected chi connectivity index (χ2v) is 8.35. The van der Waals surface area contributed by atoms with E-state index >= 15 is 0 Å². The van der Waals surface area contributed by atoms with Crippen molar-refractivity contribution >= 4 is 32.8 Å². The van der Waals surface area contributed by atoms with Crippen molar-refractivity contribution in [1.29, 1.82) is 0 Å². The molecule has 140 valence electrons. The molecule has 0 fully saturated rings. The standard InChI is InChI=1S/C18H22ClN3O3S/c1-13-11-14(7-8-20-9-10-23)3-5-17(13)21-22-18-6-4-15(12-16(18)19)26(2,24)25/h3-6,11-12,20,23H,7-10H2,1-2H3. The highest BCUT2D eigenvalue weighted by Crippen LogP contribution is 2.30. The molecule has 2 rings (SSSR count). The van der Waals surface area contributed by atoms with Crippen molar-refractivity contribution in [3.05, 3.63) is 52.5 Å². The van der Waals surface area contributed by atoms with Crippen LogP contribution in [0.1, 0.15) is 11.1 Å². The molecule has 0 atom stereocenters. The number of halogens is 1. The lowest BCUT2D eigenvalue weighted by atomic mass is 10.1. The molecule has 6 nitrogen and oxygen atoms in total. The van der Waals surface area contributed by atoms with Crippen molar-refractivity contribution in [1.82, 2.24) is 5.32 Å². The van der Waals surface area contributed by atoms with Gasteiger partial charge in [0.15, 0.2) is 9.84 Å². The third-order valence-corrected chi connectivity index (χ3v) is 5.17. The summed E-state index contributed by atoms with van der Waals surface area (Å²) >= 11 is 6.11. The van der Waals surface area contributed by atoms with Crippen LogP contribution in [0.15, 0.2) is 51.5 Å². The summed E-state index contributed by atoms with van der Waals surface area (Å²) in [5, 5.41) is 20.5. The SMILES string of the molecule is Cc1cc(CCNCCO)ccc1N=Nc1ccc(S(C)(=O)=O)cc1Cl. The van der Waals surface area contributed by atoms with Gasteiger partial charge in [0.1, 0.15) is 5.69 Å². The maximum atomic E-state index is 11.5. The third kappa shape index (κ3) is 5.88. The molecule has 0 bridgehead atoms. The zero-order chi connectivity index (χ0) is 19.2. The highest BCUT2D eigenvalue weighted by Gasteiger charge is 2.10. The number of rotatable bonds is 8. The van der Waals surface area contributed by atoms with Gasteiger partial charge in [0, 0.05) is 12.8 Å². The van der Waals surface area contributed by atoms with Crippen LogP contribution in [-0.4, -0.2) is 39.5 Å². The van der Waals surface area contributed by atoms with Crippen LogP contribution in [0.3, 0.4) is 0 Å². The van der Waals surface area contributed by atoms with Crippen LogP contribution in [0.2, 0.25) is 5.02 Å². The number of sulfone groups is 1. The van der Waals surface area contributed by atoms with E-state index in [0.717, 1.165) is 30.5 Å². The van der Waals surface area contributed by atoms with Crippen LogP contribution in [0, 0.1) is 6.92 Å². The Labute approximate surface area is 158 Å². The van der Waals surface area contributed by atoms with Gasteiger partial charge >= 0.3 is 0 Å². The minimum absolute atomic E-state index is 0.131. The Balaban J connectivity index is 2.10. The predicted octanol–water partition coefficient (Wildman–Crippen LogP) is 3.59. The summed E-state index contributed by atoms with van der Waals surface area (Å²) in [7, 11) is -3.31. The Bertz CT molecular complexity index is 899. The molecule has 0 radical (unpaired) electrons. The molecule has 0 saturated heterocycles. The highest BCUT2D eigenvalue weighted by atomic mass is 35.5. The second kappa shape index (κ2) is 9.23. The fourth-order valence-corrected chi connectivity index (χ4v) is 3.26. The van der Waals surface area contributed by atoms with Gasteiger partial charge in [-0.05, 0) is 55.3 Å². The van der Waals surface area contributed by atoms with Gasteiger partial charge in [-0.15, -0.1) is 5.11 Å². The normalized spacial score (nSPS) is 12.0. The lowest BCUT2D eigenvalue weighted by Gasteiger charge is -2.06. The molecule has 0 unspecified atom stereocenters. The molecule has 0 aliphatic carbocycles. The van der Waals surface area contributed by atoms with Crippen LogP contribution in [0.25, 0.3) is 0 Å². The van der Waals surface area contributed by atoms with E-state index in [2.05, 4.69) is 15.5 Å². The molecule has 26 heavy (non-hydrogen) atoms. The van der Waals surface area contributed by atoms with E-state index in [9.17, 15) is 8.42 Å². The summed E-state index contributed by atoms with van der Waals surface area (Å²) < 4.78 is 23.1. The summed E-state index contributed by atoms with van der Waals surface area (Å²) in [6.07, 6.45) is 1.99. The number of aryl methyl sites for hydroxylation is 1. The van der Waals surface area contributed by atoms with E-state index < -0.39 is 9.84 Å². The van der Waals surface area contributed by atoms with Gasteiger partial charge in [0.2, 0.25) is 0 Å². The molecule has 2 N–H and O–H groups in total. The van der Waals surface area contributed by atoms with Gasteiger partial charge in [-0.3, -0.25) is 0 Å². The molecular formula is C18H22ClN3O3S. The van der Waals surface area contributed by atoms with Crippen molar-refractivity contribution in [2.45, 2.75) is 18.2 Å². The van der Waals surface area contributed by atoms with Crippen LogP contribution in [-0.2, 0) is 16.3 Å². The van der Waals surface area contributed by atoms with Crippen molar-refractivity contribution in [2.24, 2.45) is 10.2 Å². The van der Waals surface area contributed by atoms with E-state index in [1.807, 2.05) is 25.1 Å². The van der Waals surface area contributed by atoms with E-state index in [1.54, 1.807) is 6.07 Å². The molecule has 2 aromatic carbocycles. The molecule has 0 amide bonds. The van der Waals surface area contributed by atoms with Gasteiger partial charge in [0.25, 0.3) is 0 Å². The second-order valence-electron chi connectivity index (χ2n) is 5.93. The van der Waals surface area contributed by atoms with Crippen LogP contribution in [0.5, 0.6) is 0 Å². The monoisotopic (exact) mass is 395 g/mol. The molecule has 0 spiro atoms. The molecule has 8 heteroatoms. The van der Waals surface area contributed by atoms with Crippen molar-refractivity contribution in [2.75, 3.05) is 26.0 Å². The lowest BCUT2D eigenvalue weighted by molar-refractivity contribution is 0.293. The number of aliphatic hydroxyl groups excluding tert-OH is 1. The zero-order valence-corrected chi connectivity index (χ0v) is 16.3. The maximum absolute atomic E-state index is 11.5. The minimum Gasteiger partial charge on any atom is -0.395 e. The Morgan fingerprint density at radius 3 is 2.38 bits per heavy atom. The predicted molar refractivity (Wildman–Crippen MR) is 104 cm³/mol. The third-order valence-electron chi connectivity index (χ3n) is 3.75. The zero-order valence-electron chi connectivity index (χ0n) is 14.7. The van der Waals surface area contributed by atoms with Gasteiger partial charge < -0.3 is 10.4 Å². The summed E-state index contributed by atoms with van der Waals surface area (Å²) in [5.74, 6) is 0. The fraction of sp³-hybridized carbons (Fsp3) is 0.333. The topological polar surface area (TPSA) is 91.1 Å². The summed E-state index contributed by atoms with van der Waals surface area (Å²) in [6.45, 7) is 3.47. The average molecular weight is 396 g/mol. The summed E-state index contributed by atoms with van der Waals surface area (Å²) in [4.78, 5) is 0.150. The number of hydrogen-bond acceptors (Lipinski definition) is 6. The van der Waals surface area contributed by atoms with Crippen LogP contribution >= 0.6 is 11.6 Å². The van der Waals surface area contributed by atoms with Gasteiger partial charge in [0.05, 0.1) is 22.2 Å². The first kappa shape index (κ1) is 20.5. The molecular weight excluding hydrogens is 374 g/mol. The van der Waals surface area contributed by atoms with E-state index in [4.69, 9.17) is 16.7 Å². The van der Waals surface area contributed by atoms with Gasteiger partial charge in [-0.2, -0.15) is 5.11 Å². The lowest BCUT2D eigenvalue weighted by Crippen LogP contribution is -2.20. The first-order valence-corrected chi connectivity index (χ1v) is 10.4. The van der Waals surface area contributed by atoms with Gasteiger partial charge in [-0.25, -0.2) is 8.42 Å². The van der Waals surface area contributed by atoms with Crippen LogP contribution < -0.4 is 5.32 Å². The highest BCUT2D eigenvalue weighted by molar-refractivity contribution is 7.90. The summed E-state index contributed by atoms with van der Waals surface area (Å²) in [5.41, 5.74) is 3.29. The van der Waals surface area contributed by atoms with E-state index in [1.165, 1.54) is 17.7 Å². The minimum atomic E-state index is -3.31. The number of aliphatic hydroxyl groups is 1. The Hall–Kier alpha value is -1.80. The Morgan fingerprint density at radius 2 is 1.77 bits per heavy atom.